The summed E-state index contributed by atoms with van der Waals surface area (Å²) in [6.45, 7) is 6.53. The molecule has 1 aliphatic heterocycles. The van der Waals surface area contributed by atoms with Crippen LogP contribution in [-0.4, -0.2) is 39.8 Å². The molecule has 0 aromatic heterocycles. The highest BCUT2D eigenvalue weighted by Crippen LogP contribution is 2.26. The highest BCUT2D eigenvalue weighted by atomic mass is 32.2. The molecule has 2 rings (SSSR count). The van der Waals surface area contributed by atoms with Crippen LogP contribution in [0.5, 0.6) is 0 Å². The zero-order valence-corrected chi connectivity index (χ0v) is 13.8. The fourth-order valence-corrected chi connectivity index (χ4v) is 3.99. The first-order chi connectivity index (χ1) is 10.1. The Morgan fingerprint density at radius 1 is 1.24 bits per heavy atom. The van der Waals surface area contributed by atoms with E-state index in [1.165, 1.54) is 19.3 Å². The van der Waals surface area contributed by atoms with Gasteiger partial charge in [0.05, 0.1) is 16.3 Å². The molecule has 5 heteroatoms. The minimum absolute atomic E-state index is 0.142. The molecule has 1 heterocycles. The molecule has 1 atom stereocenters. The first kappa shape index (κ1) is 16.3. The molecule has 0 bridgehead atoms. The third-order valence-corrected chi connectivity index (χ3v) is 5.93. The molecular formula is C16H26N2O2S. The first-order valence-electron chi connectivity index (χ1n) is 7.88. The van der Waals surface area contributed by atoms with E-state index in [4.69, 9.17) is 0 Å². The number of nitrogens with zero attached hydrogens (tertiary/aromatic N) is 1. The third kappa shape index (κ3) is 3.98. The summed E-state index contributed by atoms with van der Waals surface area (Å²) in [6, 6.07) is 7.83. The Kier molecular flexibility index (Phi) is 5.65. The Bertz CT molecular complexity index is 551. The van der Waals surface area contributed by atoms with Gasteiger partial charge in [0.1, 0.15) is 0 Å². The van der Waals surface area contributed by atoms with Crippen LogP contribution in [0.1, 0.15) is 33.1 Å². The number of hydrogen-bond acceptors (Lipinski definition) is 4. The number of piperidine rings is 1. The Balaban J connectivity index is 2.25. The highest BCUT2D eigenvalue weighted by molar-refractivity contribution is 7.91. The molecule has 1 aliphatic rings. The van der Waals surface area contributed by atoms with E-state index in [-0.39, 0.29) is 5.75 Å². The van der Waals surface area contributed by atoms with Crippen molar-refractivity contribution in [1.82, 2.24) is 5.32 Å². The second-order valence-electron chi connectivity index (χ2n) is 5.56. The van der Waals surface area contributed by atoms with Gasteiger partial charge in [-0.05, 0) is 38.4 Å². The zero-order valence-electron chi connectivity index (χ0n) is 13.0. The molecule has 1 N–H and O–H groups in total. The molecule has 1 aromatic carbocycles. The van der Waals surface area contributed by atoms with Crippen LogP contribution in [0.4, 0.5) is 5.69 Å². The average molecular weight is 310 g/mol. The van der Waals surface area contributed by atoms with Gasteiger partial charge in [0.25, 0.3) is 0 Å². The number of anilines is 1. The molecule has 1 unspecified atom stereocenters. The van der Waals surface area contributed by atoms with E-state index in [0.29, 0.717) is 10.9 Å². The number of sulfone groups is 1. The molecule has 1 aromatic rings. The van der Waals surface area contributed by atoms with Crippen molar-refractivity contribution in [3.05, 3.63) is 24.3 Å². The minimum Gasteiger partial charge on any atom is -0.369 e. The molecule has 4 nitrogen and oxygen atoms in total. The first-order valence-corrected chi connectivity index (χ1v) is 9.53. The molecule has 1 saturated heterocycles. The van der Waals surface area contributed by atoms with Crippen molar-refractivity contribution in [2.45, 2.75) is 44.0 Å². The van der Waals surface area contributed by atoms with Crippen molar-refractivity contribution in [3.8, 4) is 0 Å². The van der Waals surface area contributed by atoms with E-state index < -0.39 is 9.84 Å². The summed E-state index contributed by atoms with van der Waals surface area (Å²) < 4.78 is 24.6. The molecule has 0 spiro atoms. The topological polar surface area (TPSA) is 49.4 Å². The van der Waals surface area contributed by atoms with Crippen LogP contribution in [-0.2, 0) is 9.84 Å². The van der Waals surface area contributed by atoms with Crippen LogP contribution < -0.4 is 10.2 Å². The highest BCUT2D eigenvalue weighted by Gasteiger charge is 2.22. The van der Waals surface area contributed by atoms with Crippen LogP contribution in [0.3, 0.4) is 0 Å². The van der Waals surface area contributed by atoms with Gasteiger partial charge in [0.15, 0.2) is 9.84 Å². The monoisotopic (exact) mass is 310 g/mol. The fraction of sp³-hybridized carbons (Fsp3) is 0.625. The molecule has 0 amide bonds. The summed E-state index contributed by atoms with van der Waals surface area (Å²) in [4.78, 5) is 2.65. The number of likely N-dealkylation sites (N-methyl/N-ethyl adjacent to an activating group) is 1. The number of hydrogen-bond donors (Lipinski definition) is 1. The van der Waals surface area contributed by atoms with Crippen LogP contribution in [0.25, 0.3) is 0 Å². The maximum absolute atomic E-state index is 12.3. The van der Waals surface area contributed by atoms with Gasteiger partial charge in [-0.2, -0.15) is 0 Å². The van der Waals surface area contributed by atoms with Gasteiger partial charge in [-0.15, -0.1) is 0 Å². The van der Waals surface area contributed by atoms with E-state index in [2.05, 4.69) is 17.1 Å². The second-order valence-corrected chi connectivity index (χ2v) is 7.80. The van der Waals surface area contributed by atoms with Crippen LogP contribution in [0.15, 0.2) is 29.2 Å². The maximum Gasteiger partial charge on any atom is 0.180 e. The smallest absolute Gasteiger partial charge is 0.180 e. The Labute approximate surface area is 128 Å². The number of para-hydroxylation sites is 1. The summed E-state index contributed by atoms with van der Waals surface area (Å²) >= 11 is 0. The Hall–Kier alpha value is -1.07. The predicted octanol–water partition coefficient (Wildman–Crippen LogP) is 2.45. The number of rotatable bonds is 6. The predicted molar refractivity (Wildman–Crippen MR) is 87.7 cm³/mol. The van der Waals surface area contributed by atoms with Crippen LogP contribution >= 0.6 is 0 Å². The average Bonchev–Trinajstić information content (AvgIpc) is 2.53. The molecule has 21 heavy (non-hydrogen) atoms. The standard InChI is InChI=1S/C16H26N2O2S/c1-3-18(13-14-9-7-8-12-17-14)15-10-5-6-11-16(15)21(19,20)4-2/h5-6,10-11,14,17H,3-4,7-9,12-13H2,1-2H3. The van der Waals surface area contributed by atoms with E-state index >= 15 is 0 Å². The van der Waals surface area contributed by atoms with Gasteiger partial charge < -0.3 is 10.2 Å². The largest absolute Gasteiger partial charge is 0.369 e. The van der Waals surface area contributed by atoms with Crippen LogP contribution in [0, 0.1) is 0 Å². The summed E-state index contributed by atoms with van der Waals surface area (Å²) in [5, 5.41) is 3.53. The maximum atomic E-state index is 12.3. The van der Waals surface area contributed by atoms with Crippen LogP contribution in [0.2, 0.25) is 0 Å². The lowest BCUT2D eigenvalue weighted by molar-refractivity contribution is 0.400. The van der Waals surface area contributed by atoms with Gasteiger partial charge in [0, 0.05) is 19.1 Å². The van der Waals surface area contributed by atoms with Gasteiger partial charge in [0.2, 0.25) is 0 Å². The van der Waals surface area contributed by atoms with Crippen molar-refractivity contribution >= 4 is 15.5 Å². The lowest BCUT2D eigenvalue weighted by atomic mass is 10.0. The quantitative estimate of drug-likeness (QED) is 0.877. The molecule has 0 radical (unpaired) electrons. The molecule has 118 valence electrons. The van der Waals surface area contributed by atoms with E-state index in [9.17, 15) is 8.42 Å². The summed E-state index contributed by atoms with van der Waals surface area (Å²) in [6.07, 6.45) is 3.66. The molecule has 0 aliphatic carbocycles. The normalized spacial score (nSPS) is 19.4. The van der Waals surface area contributed by atoms with E-state index in [1.807, 2.05) is 12.1 Å². The van der Waals surface area contributed by atoms with Crippen molar-refractivity contribution < 1.29 is 8.42 Å². The summed E-state index contributed by atoms with van der Waals surface area (Å²) in [7, 11) is -3.19. The number of benzene rings is 1. The summed E-state index contributed by atoms with van der Waals surface area (Å²) in [5.41, 5.74) is 0.842. The SMILES string of the molecule is CCN(CC1CCCCN1)c1ccccc1S(=O)(=O)CC. The van der Waals surface area contributed by atoms with Gasteiger partial charge in [-0.25, -0.2) is 8.42 Å². The van der Waals surface area contributed by atoms with Crippen molar-refractivity contribution in [2.75, 3.05) is 30.3 Å². The van der Waals surface area contributed by atoms with Crippen molar-refractivity contribution in [1.29, 1.82) is 0 Å². The molecular weight excluding hydrogens is 284 g/mol. The Morgan fingerprint density at radius 3 is 2.62 bits per heavy atom. The van der Waals surface area contributed by atoms with Crippen molar-refractivity contribution in [3.63, 3.8) is 0 Å². The third-order valence-electron chi connectivity index (χ3n) is 4.16. The number of nitrogens with one attached hydrogen (secondary N) is 1. The second kappa shape index (κ2) is 7.27. The van der Waals surface area contributed by atoms with Gasteiger partial charge in [-0.3, -0.25) is 0 Å². The van der Waals surface area contributed by atoms with E-state index in [1.54, 1.807) is 19.1 Å². The van der Waals surface area contributed by atoms with E-state index in [0.717, 1.165) is 25.3 Å². The minimum atomic E-state index is -3.19. The molecule has 1 fully saturated rings. The molecule has 0 saturated carbocycles. The zero-order chi connectivity index (χ0) is 15.3. The van der Waals surface area contributed by atoms with Crippen molar-refractivity contribution in [2.24, 2.45) is 0 Å². The lowest BCUT2D eigenvalue weighted by Gasteiger charge is -2.32. The summed E-state index contributed by atoms with van der Waals surface area (Å²) in [5.74, 6) is 0.142. The van der Waals surface area contributed by atoms with Gasteiger partial charge >= 0.3 is 0 Å². The fourth-order valence-electron chi connectivity index (χ4n) is 2.88. The Morgan fingerprint density at radius 2 is 2.00 bits per heavy atom. The van der Waals surface area contributed by atoms with Gasteiger partial charge in [-0.1, -0.05) is 25.5 Å². The lowest BCUT2D eigenvalue weighted by Crippen LogP contribution is -2.44.